The molecule has 4 aliphatic rings. The maximum atomic E-state index is 13.8. The number of carbonyl (C=O) groups excluding carboxylic acids is 2. The molecule has 2 bridgehead atoms. The zero-order valence-electron chi connectivity index (χ0n) is 27.0. The van der Waals surface area contributed by atoms with Gasteiger partial charge in [-0.3, -0.25) is 29.4 Å². The monoisotopic (exact) mass is 655 g/mol. The average molecular weight is 656 g/mol. The molecule has 5 heterocycles. The fourth-order valence-electron chi connectivity index (χ4n) is 7.57. The second-order valence-electron chi connectivity index (χ2n) is 13.1. The highest BCUT2D eigenvalue weighted by atomic mass is 16.6. The molecule has 0 spiro atoms. The lowest BCUT2D eigenvalue weighted by Crippen LogP contribution is -2.49. The van der Waals surface area contributed by atoms with E-state index in [1.807, 2.05) is 39.8 Å². The van der Waals surface area contributed by atoms with Crippen molar-refractivity contribution in [3.63, 3.8) is 0 Å². The second-order valence-corrected chi connectivity index (χ2v) is 13.1. The number of nitrogens with zero attached hydrogens (tertiary/aromatic N) is 6. The van der Waals surface area contributed by atoms with Gasteiger partial charge in [0.15, 0.2) is 0 Å². The summed E-state index contributed by atoms with van der Waals surface area (Å²) in [6.45, 7) is 7.97. The lowest BCUT2D eigenvalue weighted by Gasteiger charge is -2.44. The molecule has 3 fully saturated rings. The van der Waals surface area contributed by atoms with E-state index in [0.29, 0.717) is 82.6 Å². The predicted octanol–water partition coefficient (Wildman–Crippen LogP) is 3.00. The highest BCUT2D eigenvalue weighted by Gasteiger charge is 2.35. The molecule has 3 saturated heterocycles. The van der Waals surface area contributed by atoms with E-state index in [9.17, 15) is 24.5 Å². The number of nitrogens with one attached hydrogen (secondary N) is 1. The van der Waals surface area contributed by atoms with Gasteiger partial charge in [0.05, 0.1) is 29.5 Å². The van der Waals surface area contributed by atoms with Crippen LogP contribution in [0.2, 0.25) is 0 Å². The molecular formula is C35H41N7O6. The van der Waals surface area contributed by atoms with Crippen LogP contribution >= 0.6 is 0 Å². The number of amides is 2. The number of hydrogen-bond donors (Lipinski definition) is 1. The molecule has 0 radical (unpaired) electrons. The van der Waals surface area contributed by atoms with Gasteiger partial charge in [0, 0.05) is 113 Å². The summed E-state index contributed by atoms with van der Waals surface area (Å²) < 4.78 is 7.35. The van der Waals surface area contributed by atoms with Crippen molar-refractivity contribution in [1.82, 2.24) is 14.4 Å². The second kappa shape index (κ2) is 13.8. The molecule has 1 N–H and O–H groups in total. The third kappa shape index (κ3) is 6.78. The van der Waals surface area contributed by atoms with Crippen molar-refractivity contribution < 1.29 is 19.2 Å². The average Bonchev–Trinajstić information content (AvgIpc) is 3.11. The largest absolute Gasteiger partial charge is 0.379 e. The lowest BCUT2D eigenvalue weighted by molar-refractivity contribution is -0.384. The molecule has 48 heavy (non-hydrogen) atoms. The minimum absolute atomic E-state index is 0.0420. The van der Waals surface area contributed by atoms with Crippen LogP contribution in [0.4, 0.5) is 22.7 Å². The normalized spacial score (nSPS) is 21.0. The summed E-state index contributed by atoms with van der Waals surface area (Å²) in [5, 5.41) is 14.2. The van der Waals surface area contributed by atoms with Crippen molar-refractivity contribution in [2.45, 2.75) is 25.3 Å². The molecule has 2 atom stereocenters. The first-order chi connectivity index (χ1) is 23.3. The van der Waals surface area contributed by atoms with Crippen LogP contribution in [-0.2, 0) is 16.1 Å². The molecule has 4 aliphatic heterocycles. The number of non-ortho nitro benzene ring substituents is 1. The quantitative estimate of drug-likeness (QED) is 0.287. The van der Waals surface area contributed by atoms with Crippen LogP contribution in [-0.4, -0.2) is 103 Å². The Morgan fingerprint density at radius 2 is 1.67 bits per heavy atom. The van der Waals surface area contributed by atoms with E-state index >= 15 is 0 Å². The fraction of sp³-hybridized carbons (Fsp3) is 0.457. The van der Waals surface area contributed by atoms with Gasteiger partial charge in [0.2, 0.25) is 5.91 Å². The number of ether oxygens (including phenoxy) is 1. The van der Waals surface area contributed by atoms with Gasteiger partial charge < -0.3 is 29.3 Å². The van der Waals surface area contributed by atoms with Crippen molar-refractivity contribution in [3.8, 4) is 0 Å². The Kier molecular flexibility index (Phi) is 9.13. The van der Waals surface area contributed by atoms with E-state index in [4.69, 9.17) is 4.74 Å². The first-order valence-electron chi connectivity index (χ1n) is 16.8. The van der Waals surface area contributed by atoms with Crippen LogP contribution in [0.5, 0.6) is 0 Å². The zero-order valence-corrected chi connectivity index (χ0v) is 27.0. The van der Waals surface area contributed by atoms with Gasteiger partial charge in [0.25, 0.3) is 17.2 Å². The van der Waals surface area contributed by atoms with Crippen LogP contribution in [0.25, 0.3) is 0 Å². The Balaban J connectivity index is 1.08. The number of benzene rings is 2. The molecule has 252 valence electrons. The summed E-state index contributed by atoms with van der Waals surface area (Å²) in [6.07, 6.45) is 1.35. The number of pyridine rings is 1. The number of anilines is 3. The van der Waals surface area contributed by atoms with E-state index in [1.165, 1.54) is 12.1 Å². The first-order valence-corrected chi connectivity index (χ1v) is 16.8. The highest BCUT2D eigenvalue weighted by molar-refractivity contribution is 6.00. The summed E-state index contributed by atoms with van der Waals surface area (Å²) in [5.41, 5.74) is 4.06. The number of piperazine rings is 1. The number of piperidine rings is 1. The number of hydrogen-bond acceptors (Lipinski definition) is 9. The summed E-state index contributed by atoms with van der Waals surface area (Å²) in [5.74, 6) is 0.301. The number of rotatable bonds is 8. The predicted molar refractivity (Wildman–Crippen MR) is 182 cm³/mol. The number of fused-ring (bicyclic) bond motifs is 4. The summed E-state index contributed by atoms with van der Waals surface area (Å²) in [6, 6.07) is 17.6. The van der Waals surface area contributed by atoms with Crippen LogP contribution in [0.15, 0.2) is 65.5 Å². The van der Waals surface area contributed by atoms with E-state index in [2.05, 4.69) is 20.0 Å². The zero-order chi connectivity index (χ0) is 33.2. The maximum absolute atomic E-state index is 13.8. The van der Waals surface area contributed by atoms with Gasteiger partial charge in [-0.05, 0) is 48.7 Å². The molecule has 0 saturated carbocycles. The van der Waals surface area contributed by atoms with Crippen LogP contribution in [0.1, 0.15) is 34.8 Å². The molecule has 2 amide bonds. The van der Waals surface area contributed by atoms with Gasteiger partial charge >= 0.3 is 0 Å². The molecule has 2 aromatic carbocycles. The molecule has 0 aliphatic carbocycles. The number of nitro benzene ring substituents is 1. The molecule has 1 aromatic heterocycles. The number of morpholine rings is 1. The Morgan fingerprint density at radius 3 is 2.42 bits per heavy atom. The Hall–Kier alpha value is -4.75. The van der Waals surface area contributed by atoms with Crippen molar-refractivity contribution in [3.05, 3.63) is 92.4 Å². The van der Waals surface area contributed by atoms with Crippen LogP contribution in [0, 0.1) is 16.0 Å². The molecule has 3 aromatic rings. The SMILES string of the molecule is O=C(CCN1CCOCC1)Nc1cc(C(=O)N2CCN(c3ccc([N+](=O)[O-])cc3)CC2)ccc1N1CC2CC(C1)c1cccc(=O)n1C2. The van der Waals surface area contributed by atoms with Crippen molar-refractivity contribution in [1.29, 1.82) is 0 Å². The molecule has 13 heteroatoms. The Morgan fingerprint density at radius 1 is 0.896 bits per heavy atom. The third-order valence-electron chi connectivity index (χ3n) is 10.1. The fourth-order valence-corrected chi connectivity index (χ4v) is 7.57. The molecule has 7 rings (SSSR count). The Bertz CT molecular complexity index is 1730. The number of aromatic nitrogens is 1. The molecular weight excluding hydrogens is 614 g/mol. The van der Waals surface area contributed by atoms with Crippen molar-refractivity contribution in [2.75, 3.05) is 87.2 Å². The minimum Gasteiger partial charge on any atom is -0.379 e. The van der Waals surface area contributed by atoms with Gasteiger partial charge in [-0.15, -0.1) is 0 Å². The van der Waals surface area contributed by atoms with E-state index in [0.717, 1.165) is 43.1 Å². The highest BCUT2D eigenvalue weighted by Crippen LogP contribution is 2.39. The number of carbonyl (C=O) groups is 2. The van der Waals surface area contributed by atoms with E-state index in [1.54, 1.807) is 18.2 Å². The number of nitro groups is 1. The van der Waals surface area contributed by atoms with Gasteiger partial charge in [-0.2, -0.15) is 0 Å². The lowest BCUT2D eigenvalue weighted by atomic mass is 9.83. The van der Waals surface area contributed by atoms with Crippen molar-refractivity contribution in [2.24, 2.45) is 5.92 Å². The first kappa shape index (κ1) is 31.8. The summed E-state index contributed by atoms with van der Waals surface area (Å²) in [4.78, 5) is 58.8. The van der Waals surface area contributed by atoms with Crippen LogP contribution < -0.4 is 20.7 Å². The van der Waals surface area contributed by atoms with Gasteiger partial charge in [-0.25, -0.2) is 0 Å². The third-order valence-corrected chi connectivity index (χ3v) is 10.1. The topological polar surface area (TPSA) is 134 Å². The summed E-state index contributed by atoms with van der Waals surface area (Å²) in [7, 11) is 0. The standard InChI is InChI=1S/C35H41N7O6/c43-33(10-11-37-16-18-48-19-17-37)36-30-21-26(35(45)39-14-12-38(13-15-39)28-5-7-29(8-6-28)42(46)47)4-9-32(30)40-22-25-20-27(24-40)31-2-1-3-34(44)41(31)23-25/h1-9,21,25,27H,10-20,22-24H2,(H,36,43). The smallest absolute Gasteiger partial charge is 0.269 e. The van der Waals surface area contributed by atoms with Crippen molar-refractivity contribution >= 4 is 34.6 Å². The van der Waals surface area contributed by atoms with Gasteiger partial charge in [0.1, 0.15) is 0 Å². The molecule has 2 unspecified atom stereocenters. The van der Waals surface area contributed by atoms with E-state index in [-0.39, 0.29) is 29.0 Å². The summed E-state index contributed by atoms with van der Waals surface area (Å²) >= 11 is 0. The molecule has 13 nitrogen and oxygen atoms in total. The van der Waals surface area contributed by atoms with E-state index < -0.39 is 4.92 Å². The Labute approximate surface area is 278 Å². The minimum atomic E-state index is -0.412. The van der Waals surface area contributed by atoms with Gasteiger partial charge in [-0.1, -0.05) is 6.07 Å². The maximum Gasteiger partial charge on any atom is 0.269 e. The van der Waals surface area contributed by atoms with Crippen LogP contribution in [0.3, 0.4) is 0 Å².